The van der Waals surface area contributed by atoms with Crippen LogP contribution in [-0.4, -0.2) is 38.6 Å². The predicted octanol–water partition coefficient (Wildman–Crippen LogP) is 5.94. The summed E-state index contributed by atoms with van der Waals surface area (Å²) in [5, 5.41) is 21.8. The second kappa shape index (κ2) is 11.5. The highest BCUT2D eigenvalue weighted by atomic mass is 79.9. The van der Waals surface area contributed by atoms with Crippen molar-refractivity contribution in [1.82, 2.24) is 15.2 Å². The van der Waals surface area contributed by atoms with Crippen LogP contribution in [0.4, 0.5) is 5.69 Å². The van der Waals surface area contributed by atoms with Gasteiger partial charge in [0.2, 0.25) is 17.3 Å². The predicted molar refractivity (Wildman–Crippen MR) is 134 cm³/mol. The van der Waals surface area contributed by atoms with Gasteiger partial charge in [0.1, 0.15) is 5.75 Å². The number of carbonyl (C=O) groups is 1. The molecule has 8 nitrogen and oxygen atoms in total. The Labute approximate surface area is 210 Å². The molecule has 0 unspecified atom stereocenters. The van der Waals surface area contributed by atoms with E-state index in [-0.39, 0.29) is 0 Å². The fourth-order valence-corrected chi connectivity index (χ4v) is 4.67. The fraction of sp³-hybridized carbons (Fsp3) is 0.333. The van der Waals surface area contributed by atoms with Crippen LogP contribution in [0.15, 0.2) is 52.1 Å². The van der Waals surface area contributed by atoms with Gasteiger partial charge in [-0.15, -0.1) is 10.2 Å². The molecule has 0 radical (unpaired) electrons. The van der Waals surface area contributed by atoms with Gasteiger partial charge in [0.25, 0.3) is 0 Å². The molecule has 4 rings (SSSR count). The number of benzene rings is 2. The number of rotatable bonds is 10. The van der Waals surface area contributed by atoms with Crippen molar-refractivity contribution in [2.45, 2.75) is 44.0 Å². The van der Waals surface area contributed by atoms with Gasteiger partial charge in [-0.2, -0.15) is 4.98 Å². The van der Waals surface area contributed by atoms with Crippen molar-refractivity contribution >= 4 is 39.3 Å². The number of unbranched alkanes of at least 4 members (excludes halogenated alkanes) is 3. The average molecular weight is 545 g/mol. The summed E-state index contributed by atoms with van der Waals surface area (Å²) in [6.07, 6.45) is 4.00. The van der Waals surface area contributed by atoms with E-state index in [1.165, 1.54) is 19.3 Å². The molecule has 2 heterocycles. The number of hydrogen-bond acceptors (Lipinski definition) is 8. The molecule has 10 heteroatoms. The van der Waals surface area contributed by atoms with Crippen LogP contribution in [0.3, 0.4) is 0 Å². The van der Waals surface area contributed by atoms with Crippen LogP contribution in [0, 0.1) is 0 Å². The number of nitrogens with one attached hydrogen (secondary N) is 1. The minimum atomic E-state index is -1.05. The summed E-state index contributed by atoms with van der Waals surface area (Å²) in [4.78, 5) is 15.7. The second-order valence-electron chi connectivity index (χ2n) is 7.71. The van der Waals surface area contributed by atoms with E-state index in [0.29, 0.717) is 28.0 Å². The van der Waals surface area contributed by atoms with Crippen molar-refractivity contribution in [2.24, 2.45) is 0 Å². The molecule has 1 aliphatic rings. The Kier molecular flexibility index (Phi) is 8.23. The van der Waals surface area contributed by atoms with Crippen molar-refractivity contribution < 1.29 is 19.4 Å². The van der Waals surface area contributed by atoms with E-state index in [0.717, 1.165) is 27.9 Å². The Morgan fingerprint density at radius 3 is 2.88 bits per heavy atom. The lowest BCUT2D eigenvalue weighted by molar-refractivity contribution is -0.139. The van der Waals surface area contributed by atoms with Crippen LogP contribution in [-0.2, 0) is 4.79 Å². The zero-order valence-corrected chi connectivity index (χ0v) is 21.1. The lowest BCUT2D eigenvalue weighted by Gasteiger charge is -2.21. The summed E-state index contributed by atoms with van der Waals surface area (Å²) in [6, 6.07) is 13.0. The van der Waals surface area contributed by atoms with Crippen LogP contribution < -0.4 is 14.8 Å². The average Bonchev–Trinajstić information content (AvgIpc) is 2.99. The minimum Gasteiger partial charge on any atom is -0.481 e. The van der Waals surface area contributed by atoms with E-state index in [9.17, 15) is 4.79 Å². The summed E-state index contributed by atoms with van der Waals surface area (Å²) in [5.41, 5.74) is 2.77. The van der Waals surface area contributed by atoms with Gasteiger partial charge in [0.05, 0.1) is 5.56 Å². The van der Waals surface area contributed by atoms with E-state index in [2.05, 4.69) is 43.4 Å². The maximum absolute atomic E-state index is 11.1. The third kappa shape index (κ3) is 5.98. The van der Waals surface area contributed by atoms with E-state index >= 15 is 0 Å². The standard InChI is InChI=1S/C24H25BrN4O4S/c1-2-3-4-7-12-34-24-27-23-21(28-29-24)17-13-15(25)10-11-18(17)26-22(33-23)16-8-5-6-9-19(16)32-14-20(30)31/h5-6,8-11,13,22,26H,2-4,7,12,14H2,1H3,(H,30,31)/t22-/m1/s1. The molecule has 1 atom stereocenters. The Morgan fingerprint density at radius 1 is 1.21 bits per heavy atom. The third-order valence-electron chi connectivity index (χ3n) is 5.17. The van der Waals surface area contributed by atoms with Crippen molar-refractivity contribution in [3.05, 3.63) is 52.5 Å². The van der Waals surface area contributed by atoms with Crippen molar-refractivity contribution in [3.63, 3.8) is 0 Å². The zero-order chi connectivity index (χ0) is 23.9. The van der Waals surface area contributed by atoms with Gasteiger partial charge >= 0.3 is 5.97 Å². The first-order valence-corrected chi connectivity index (χ1v) is 12.9. The van der Waals surface area contributed by atoms with E-state index in [4.69, 9.17) is 14.6 Å². The number of carboxylic acid groups (broad SMARTS) is 1. The van der Waals surface area contributed by atoms with Gasteiger partial charge in [-0.3, -0.25) is 0 Å². The molecule has 0 spiro atoms. The molecular formula is C24H25BrN4O4S. The number of hydrogen-bond donors (Lipinski definition) is 2. The third-order valence-corrected chi connectivity index (χ3v) is 6.59. The van der Waals surface area contributed by atoms with Gasteiger partial charge in [-0.05, 0) is 36.8 Å². The minimum absolute atomic E-state index is 0.355. The Hall–Kier alpha value is -2.85. The molecule has 0 fully saturated rings. The highest BCUT2D eigenvalue weighted by Crippen LogP contribution is 2.42. The number of carboxylic acids is 1. The van der Waals surface area contributed by atoms with Gasteiger partial charge in [0, 0.05) is 21.5 Å². The highest BCUT2D eigenvalue weighted by molar-refractivity contribution is 9.10. The van der Waals surface area contributed by atoms with Crippen molar-refractivity contribution in [1.29, 1.82) is 0 Å². The van der Waals surface area contributed by atoms with Crippen LogP contribution in [0.25, 0.3) is 11.3 Å². The zero-order valence-electron chi connectivity index (χ0n) is 18.7. The molecule has 178 valence electrons. The SMILES string of the molecule is CCCCCCSc1nnc2c(n1)O[C@H](c1ccccc1OCC(=O)O)Nc1ccc(Br)cc1-2. The number of aliphatic carboxylic acids is 1. The summed E-state index contributed by atoms with van der Waals surface area (Å²) < 4.78 is 12.7. The number of fused-ring (bicyclic) bond motifs is 3. The molecule has 1 aliphatic heterocycles. The lowest BCUT2D eigenvalue weighted by Crippen LogP contribution is -2.19. The first-order valence-electron chi connectivity index (χ1n) is 11.1. The molecular weight excluding hydrogens is 520 g/mol. The Morgan fingerprint density at radius 2 is 2.06 bits per heavy atom. The largest absolute Gasteiger partial charge is 0.481 e. The highest BCUT2D eigenvalue weighted by Gasteiger charge is 2.28. The number of para-hydroxylation sites is 1. The van der Waals surface area contributed by atoms with Gasteiger partial charge in [0.15, 0.2) is 12.3 Å². The van der Waals surface area contributed by atoms with Gasteiger partial charge in [-0.1, -0.05) is 66.0 Å². The van der Waals surface area contributed by atoms with Crippen LogP contribution in [0.2, 0.25) is 0 Å². The monoisotopic (exact) mass is 544 g/mol. The Bertz CT molecular complexity index is 1160. The van der Waals surface area contributed by atoms with Crippen LogP contribution in [0.1, 0.15) is 44.4 Å². The van der Waals surface area contributed by atoms with Gasteiger partial charge < -0.3 is 19.9 Å². The molecule has 0 saturated carbocycles. The first-order chi connectivity index (χ1) is 16.5. The smallest absolute Gasteiger partial charge is 0.341 e. The molecule has 0 saturated heterocycles. The molecule has 1 aromatic heterocycles. The maximum Gasteiger partial charge on any atom is 0.341 e. The molecule has 2 aromatic carbocycles. The quantitative estimate of drug-likeness (QED) is 0.236. The summed E-state index contributed by atoms with van der Waals surface area (Å²) >= 11 is 5.09. The van der Waals surface area contributed by atoms with Crippen molar-refractivity contribution in [2.75, 3.05) is 17.7 Å². The molecule has 34 heavy (non-hydrogen) atoms. The second-order valence-corrected chi connectivity index (χ2v) is 9.69. The van der Waals surface area contributed by atoms with Crippen LogP contribution >= 0.6 is 27.7 Å². The van der Waals surface area contributed by atoms with Crippen LogP contribution in [0.5, 0.6) is 11.6 Å². The lowest BCUT2D eigenvalue weighted by atomic mass is 10.1. The normalized spacial score (nSPS) is 14.2. The van der Waals surface area contributed by atoms with Gasteiger partial charge in [-0.25, -0.2) is 4.79 Å². The molecule has 0 bridgehead atoms. The van der Waals surface area contributed by atoms with E-state index in [1.54, 1.807) is 23.9 Å². The molecule has 0 aliphatic carbocycles. The number of aromatic nitrogens is 3. The molecule has 2 N–H and O–H groups in total. The van der Waals surface area contributed by atoms with Crippen molar-refractivity contribution in [3.8, 4) is 22.9 Å². The number of anilines is 1. The number of halogens is 1. The topological polar surface area (TPSA) is 106 Å². The summed E-state index contributed by atoms with van der Waals surface area (Å²) in [5.74, 6) is 0.629. The number of ether oxygens (including phenoxy) is 2. The number of nitrogens with zero attached hydrogens (tertiary/aromatic N) is 3. The summed E-state index contributed by atoms with van der Waals surface area (Å²) in [6.45, 7) is 1.74. The summed E-state index contributed by atoms with van der Waals surface area (Å²) in [7, 11) is 0. The molecule has 0 amide bonds. The fourth-order valence-electron chi connectivity index (χ4n) is 3.53. The maximum atomic E-state index is 11.1. The Balaban J connectivity index is 1.67. The van der Waals surface area contributed by atoms with E-state index < -0.39 is 18.8 Å². The molecule has 3 aromatic rings. The van der Waals surface area contributed by atoms with E-state index in [1.807, 2.05) is 30.3 Å². The number of thioether (sulfide) groups is 1. The first kappa shape index (κ1) is 24.3.